The summed E-state index contributed by atoms with van der Waals surface area (Å²) in [4.78, 5) is 0. The largest absolute Gasteiger partial charge is 0.504 e. The van der Waals surface area contributed by atoms with Gasteiger partial charge in [-0.1, -0.05) is 23.8 Å². The molecular formula is C26H29NO3. The number of hydrogen-bond donors (Lipinski definition) is 2. The smallest absolute Gasteiger partial charge is 0.172 e. The molecule has 4 heteroatoms. The summed E-state index contributed by atoms with van der Waals surface area (Å²) in [6.45, 7) is 6.71. The number of allylic oxidation sites excluding steroid dienone is 2. The highest BCUT2D eigenvalue weighted by molar-refractivity contribution is 5.86. The van der Waals surface area contributed by atoms with Crippen LogP contribution in [0.2, 0.25) is 0 Å². The molecule has 1 aliphatic carbocycles. The van der Waals surface area contributed by atoms with Crippen LogP contribution in [0.1, 0.15) is 46.5 Å². The average Bonchev–Trinajstić information content (AvgIpc) is 2.72. The Bertz CT molecular complexity index is 1190. The number of ether oxygens (including phenoxy) is 2. The van der Waals surface area contributed by atoms with E-state index < -0.39 is 0 Å². The van der Waals surface area contributed by atoms with Gasteiger partial charge >= 0.3 is 0 Å². The maximum Gasteiger partial charge on any atom is 0.172 e. The molecule has 2 heterocycles. The van der Waals surface area contributed by atoms with E-state index in [1.54, 1.807) is 13.2 Å². The highest BCUT2D eigenvalue weighted by Gasteiger charge is 2.32. The molecule has 4 nitrogen and oxygen atoms in total. The molecule has 0 fully saturated rings. The molecule has 0 saturated heterocycles. The second kappa shape index (κ2) is 6.83. The summed E-state index contributed by atoms with van der Waals surface area (Å²) < 4.78 is 12.2. The first-order chi connectivity index (χ1) is 14.4. The van der Waals surface area contributed by atoms with E-state index >= 15 is 0 Å². The Labute approximate surface area is 177 Å². The van der Waals surface area contributed by atoms with Gasteiger partial charge in [-0.3, -0.25) is 0 Å². The predicted molar refractivity (Wildman–Crippen MR) is 121 cm³/mol. The number of hydrogen-bond acceptors (Lipinski definition) is 4. The van der Waals surface area contributed by atoms with Gasteiger partial charge in [-0.2, -0.15) is 0 Å². The molecule has 0 aromatic heterocycles. The quantitative estimate of drug-likeness (QED) is 0.715. The van der Waals surface area contributed by atoms with E-state index in [1.165, 1.54) is 10.8 Å². The summed E-state index contributed by atoms with van der Waals surface area (Å²) >= 11 is 0. The van der Waals surface area contributed by atoms with Crippen LogP contribution >= 0.6 is 0 Å². The van der Waals surface area contributed by atoms with Gasteiger partial charge in [0.15, 0.2) is 11.5 Å². The minimum Gasteiger partial charge on any atom is -0.504 e. The number of rotatable bonds is 2. The molecule has 3 aliphatic rings. The number of anilines is 1. The van der Waals surface area contributed by atoms with Crippen molar-refractivity contribution in [2.45, 2.75) is 52.0 Å². The Hall–Kier alpha value is -2.88. The van der Waals surface area contributed by atoms with E-state index in [2.05, 4.69) is 50.4 Å². The van der Waals surface area contributed by atoms with Crippen LogP contribution in [-0.2, 0) is 0 Å². The highest BCUT2D eigenvalue weighted by Crippen LogP contribution is 2.46. The van der Waals surface area contributed by atoms with Crippen molar-refractivity contribution in [2.24, 2.45) is 5.92 Å². The molecule has 2 N–H and O–H groups in total. The van der Waals surface area contributed by atoms with Crippen LogP contribution in [-0.4, -0.2) is 17.8 Å². The molecule has 1 atom stereocenters. The van der Waals surface area contributed by atoms with Crippen molar-refractivity contribution in [3.05, 3.63) is 46.9 Å². The van der Waals surface area contributed by atoms with E-state index in [9.17, 15) is 5.11 Å². The van der Waals surface area contributed by atoms with Crippen molar-refractivity contribution in [1.29, 1.82) is 0 Å². The highest BCUT2D eigenvalue weighted by atomic mass is 16.5. The van der Waals surface area contributed by atoms with Crippen LogP contribution in [0.25, 0.3) is 22.5 Å². The number of fused-ring (bicyclic) bond motifs is 5. The first-order valence-corrected chi connectivity index (χ1v) is 10.8. The fraction of sp³-hybridized carbons (Fsp3) is 0.385. The Balaban J connectivity index is 1.90. The zero-order chi connectivity index (χ0) is 21.0. The minimum atomic E-state index is 0.0163. The Morgan fingerprint density at radius 1 is 1.13 bits per heavy atom. The summed E-state index contributed by atoms with van der Waals surface area (Å²) in [5.74, 6) is 2.75. The van der Waals surface area contributed by atoms with Crippen LogP contribution in [0.5, 0.6) is 17.2 Å². The second-order valence-electron chi connectivity index (χ2n) is 9.32. The van der Waals surface area contributed by atoms with Crippen molar-refractivity contribution in [2.75, 3.05) is 12.4 Å². The Kier molecular flexibility index (Phi) is 4.35. The topological polar surface area (TPSA) is 50.7 Å². The number of methoxy groups -OCH3 is 1. The normalized spacial score (nSPS) is 21.1. The van der Waals surface area contributed by atoms with E-state index in [0.29, 0.717) is 11.7 Å². The lowest BCUT2D eigenvalue weighted by molar-refractivity contribution is 0.367. The van der Waals surface area contributed by atoms with Gasteiger partial charge in [0, 0.05) is 33.1 Å². The van der Waals surface area contributed by atoms with Crippen molar-refractivity contribution in [1.82, 2.24) is 0 Å². The molecular weight excluding hydrogens is 374 g/mol. The van der Waals surface area contributed by atoms with Crippen LogP contribution in [0.4, 0.5) is 5.69 Å². The Morgan fingerprint density at radius 3 is 2.70 bits per heavy atom. The van der Waals surface area contributed by atoms with E-state index in [4.69, 9.17) is 9.47 Å². The molecule has 0 bridgehead atoms. The fourth-order valence-corrected chi connectivity index (χ4v) is 5.36. The van der Waals surface area contributed by atoms with Gasteiger partial charge < -0.3 is 19.9 Å². The minimum absolute atomic E-state index is 0.0163. The van der Waals surface area contributed by atoms with Gasteiger partial charge in [0.2, 0.25) is 0 Å². The zero-order valence-electron chi connectivity index (χ0n) is 18.1. The third-order valence-corrected chi connectivity index (χ3v) is 6.49. The third-order valence-electron chi connectivity index (χ3n) is 6.49. The van der Waals surface area contributed by atoms with Gasteiger partial charge in [-0.05, 0) is 64.7 Å². The molecule has 30 heavy (non-hydrogen) atoms. The van der Waals surface area contributed by atoms with Crippen LogP contribution in [0.3, 0.4) is 0 Å². The maximum atomic E-state index is 10.5. The second-order valence-corrected chi connectivity index (χ2v) is 9.32. The van der Waals surface area contributed by atoms with Gasteiger partial charge in [-0.25, -0.2) is 0 Å². The molecule has 0 spiro atoms. The number of benzene rings is 2. The van der Waals surface area contributed by atoms with Crippen molar-refractivity contribution in [3.63, 3.8) is 0 Å². The predicted octanol–water partition coefficient (Wildman–Crippen LogP) is 4.69. The molecule has 0 radical (unpaired) electrons. The lowest BCUT2D eigenvalue weighted by Gasteiger charge is -2.35. The average molecular weight is 404 g/mol. The first-order valence-electron chi connectivity index (χ1n) is 10.8. The van der Waals surface area contributed by atoms with Crippen molar-refractivity contribution < 1.29 is 14.6 Å². The Morgan fingerprint density at radius 2 is 1.97 bits per heavy atom. The van der Waals surface area contributed by atoms with Crippen LogP contribution < -0.4 is 25.2 Å². The standard InChI is InChI=1S/C26H29NO3/c1-15-14-26(2,3)27-18-11-10-17-22-20(13-12-19(28)25(22)29-4)30-24(23(17)21(15)18)16-8-6-5-7-9-16/h5-6,10-13,16,27-28H,7-9,14H2,1-4H3. The number of phenols is 1. The van der Waals surface area contributed by atoms with E-state index in [0.717, 1.165) is 59.2 Å². The maximum absolute atomic E-state index is 10.5. The van der Waals surface area contributed by atoms with Crippen molar-refractivity contribution >= 4 is 17.0 Å². The third kappa shape index (κ3) is 2.89. The van der Waals surface area contributed by atoms with E-state index in [-0.39, 0.29) is 11.3 Å². The van der Waals surface area contributed by atoms with Crippen LogP contribution in [0.15, 0.2) is 36.4 Å². The zero-order valence-corrected chi connectivity index (χ0v) is 18.1. The number of phenolic OH excluding ortho intramolecular Hbond substituents is 1. The summed E-state index contributed by atoms with van der Waals surface area (Å²) in [5.41, 5.74) is 4.44. The fourth-order valence-electron chi connectivity index (χ4n) is 5.36. The van der Waals surface area contributed by atoms with E-state index in [1.807, 2.05) is 6.07 Å². The molecule has 156 valence electrons. The molecule has 2 aliphatic heterocycles. The summed E-state index contributed by atoms with van der Waals surface area (Å²) in [6, 6.07) is 7.82. The monoisotopic (exact) mass is 403 g/mol. The van der Waals surface area contributed by atoms with Gasteiger partial charge in [0.1, 0.15) is 11.5 Å². The first kappa shape index (κ1) is 19.1. The number of nitrogens with one attached hydrogen (secondary N) is 1. The number of aromatic hydroxyl groups is 1. The molecule has 0 saturated carbocycles. The van der Waals surface area contributed by atoms with Crippen LogP contribution in [0, 0.1) is 5.92 Å². The summed E-state index contributed by atoms with van der Waals surface area (Å²) in [5, 5.41) is 16.6. The molecule has 0 amide bonds. The van der Waals surface area contributed by atoms with Gasteiger partial charge in [-0.15, -0.1) is 0 Å². The molecule has 2 aromatic carbocycles. The molecule has 2 aromatic rings. The summed E-state index contributed by atoms with van der Waals surface area (Å²) in [7, 11) is 1.60. The molecule has 5 rings (SSSR count). The lowest BCUT2D eigenvalue weighted by atomic mass is 9.84. The molecule has 1 unspecified atom stereocenters. The van der Waals surface area contributed by atoms with Gasteiger partial charge in [0.05, 0.1) is 12.7 Å². The van der Waals surface area contributed by atoms with Gasteiger partial charge in [0.25, 0.3) is 0 Å². The van der Waals surface area contributed by atoms with Crippen molar-refractivity contribution in [3.8, 4) is 28.4 Å². The summed E-state index contributed by atoms with van der Waals surface area (Å²) in [6.07, 6.45) is 8.64. The lowest BCUT2D eigenvalue weighted by Crippen LogP contribution is -2.46. The SMILES string of the molecule is COc1c(O)ccc2c1-c1ccc3c(c1=C(C1CC=CCC1)O2)=C(C)CC(C)(C)N3.